The maximum absolute atomic E-state index is 9.90. The minimum atomic E-state index is 0.249. The zero-order valence-electron chi connectivity index (χ0n) is 11.6. The highest BCUT2D eigenvalue weighted by Crippen LogP contribution is 2.30. The van der Waals surface area contributed by atoms with Crippen LogP contribution in [-0.2, 0) is 0 Å². The molecule has 0 saturated carbocycles. The molecule has 0 atom stereocenters. The number of aromatic hydroxyl groups is 1. The summed E-state index contributed by atoms with van der Waals surface area (Å²) in [4.78, 5) is 3.36. The van der Waals surface area contributed by atoms with E-state index in [1.54, 1.807) is 6.07 Å². The highest BCUT2D eigenvalue weighted by Gasteiger charge is 2.10. The Morgan fingerprint density at radius 3 is 2.55 bits per heavy atom. The first-order chi connectivity index (χ1) is 9.63. The number of hydrogen-bond acceptors (Lipinski definition) is 2. The molecule has 0 aliphatic carbocycles. The van der Waals surface area contributed by atoms with Gasteiger partial charge in [-0.25, -0.2) is 4.98 Å². The summed E-state index contributed by atoms with van der Waals surface area (Å²) in [5.41, 5.74) is 5.05. The molecular formula is C17H17N2O+. The van der Waals surface area contributed by atoms with Gasteiger partial charge >= 0.3 is 0 Å². The molecule has 3 aromatic rings. The lowest BCUT2D eigenvalue weighted by atomic mass is 10.1. The first-order valence-electron chi connectivity index (χ1n) is 6.62. The van der Waals surface area contributed by atoms with E-state index < -0.39 is 0 Å². The first kappa shape index (κ1) is 12.5. The third-order valence-corrected chi connectivity index (χ3v) is 3.33. The molecule has 2 aromatic carbocycles. The van der Waals surface area contributed by atoms with Gasteiger partial charge in [0.1, 0.15) is 5.75 Å². The fraction of sp³-hybridized carbons (Fsp3) is 0.118. The average molecular weight is 265 g/mol. The molecule has 100 valence electrons. The van der Waals surface area contributed by atoms with Crippen LogP contribution in [0.3, 0.4) is 0 Å². The fourth-order valence-corrected chi connectivity index (χ4v) is 2.36. The number of H-pyrrole nitrogens is 1. The summed E-state index contributed by atoms with van der Waals surface area (Å²) >= 11 is 0. The smallest absolute Gasteiger partial charge is 0.213 e. The Kier molecular flexibility index (Phi) is 3.03. The fourth-order valence-electron chi connectivity index (χ4n) is 2.36. The van der Waals surface area contributed by atoms with Crippen LogP contribution in [0.25, 0.3) is 10.9 Å². The van der Waals surface area contributed by atoms with Crippen molar-refractivity contribution in [3.63, 3.8) is 0 Å². The van der Waals surface area contributed by atoms with E-state index in [4.69, 9.17) is 0 Å². The molecule has 0 amide bonds. The number of hydrogen-bond donors (Lipinski definition) is 2. The van der Waals surface area contributed by atoms with Crippen molar-refractivity contribution >= 4 is 22.3 Å². The SMILES string of the molecule is Cc1ccc2[nH+]c(C)cc(Nc3ccccc3O)c2c1. The monoisotopic (exact) mass is 265 g/mol. The molecular weight excluding hydrogens is 248 g/mol. The highest BCUT2D eigenvalue weighted by molar-refractivity contribution is 5.92. The van der Waals surface area contributed by atoms with E-state index in [1.165, 1.54) is 5.56 Å². The Hall–Kier alpha value is -2.55. The third-order valence-electron chi connectivity index (χ3n) is 3.33. The lowest BCUT2D eigenvalue weighted by Gasteiger charge is -2.10. The molecule has 0 radical (unpaired) electrons. The van der Waals surface area contributed by atoms with Gasteiger partial charge in [-0.05, 0) is 30.7 Å². The molecule has 0 aliphatic rings. The summed E-state index contributed by atoms with van der Waals surface area (Å²) in [5.74, 6) is 0.249. The molecule has 3 heteroatoms. The number of benzene rings is 2. The molecule has 0 fully saturated rings. The second kappa shape index (κ2) is 4.85. The number of nitrogens with one attached hydrogen (secondary N) is 2. The number of fused-ring (bicyclic) bond motifs is 1. The molecule has 0 spiro atoms. The zero-order valence-corrected chi connectivity index (χ0v) is 11.6. The van der Waals surface area contributed by atoms with Gasteiger partial charge in [-0.2, -0.15) is 0 Å². The molecule has 3 nitrogen and oxygen atoms in total. The Bertz CT molecular complexity index is 781. The van der Waals surface area contributed by atoms with Crippen LogP contribution in [0, 0.1) is 13.8 Å². The summed E-state index contributed by atoms with van der Waals surface area (Å²) in [6.45, 7) is 4.10. The number of phenols is 1. The van der Waals surface area contributed by atoms with Crippen molar-refractivity contribution in [1.82, 2.24) is 0 Å². The van der Waals surface area contributed by atoms with Crippen molar-refractivity contribution in [2.45, 2.75) is 13.8 Å². The lowest BCUT2D eigenvalue weighted by Crippen LogP contribution is -2.10. The standard InChI is InChI=1S/C17H16N2O/c1-11-7-8-14-13(9-11)16(10-12(2)18-14)19-15-5-3-4-6-17(15)20/h3-10,20H,1-2H3,(H,18,19)/p+1. The molecule has 1 aromatic heterocycles. The molecule has 1 heterocycles. The van der Waals surface area contributed by atoms with Gasteiger partial charge in [0.15, 0.2) is 5.69 Å². The average Bonchev–Trinajstić information content (AvgIpc) is 2.42. The molecule has 0 unspecified atom stereocenters. The van der Waals surface area contributed by atoms with Crippen molar-refractivity contribution in [3.8, 4) is 5.75 Å². The summed E-state index contributed by atoms with van der Waals surface area (Å²) in [6.07, 6.45) is 0. The van der Waals surface area contributed by atoms with Crippen LogP contribution in [0.2, 0.25) is 0 Å². The van der Waals surface area contributed by atoms with E-state index in [1.807, 2.05) is 31.2 Å². The normalized spacial score (nSPS) is 10.7. The highest BCUT2D eigenvalue weighted by atomic mass is 16.3. The van der Waals surface area contributed by atoms with Crippen LogP contribution < -0.4 is 10.3 Å². The van der Waals surface area contributed by atoms with Gasteiger partial charge in [-0.1, -0.05) is 18.2 Å². The molecule has 0 saturated heterocycles. The van der Waals surface area contributed by atoms with Crippen LogP contribution in [0.15, 0.2) is 48.5 Å². The minimum absolute atomic E-state index is 0.249. The van der Waals surface area contributed by atoms with Crippen molar-refractivity contribution in [2.24, 2.45) is 0 Å². The maximum Gasteiger partial charge on any atom is 0.213 e. The van der Waals surface area contributed by atoms with Gasteiger partial charge < -0.3 is 10.4 Å². The Balaban J connectivity index is 2.15. The predicted octanol–water partition coefficient (Wildman–Crippen LogP) is 3.72. The molecule has 20 heavy (non-hydrogen) atoms. The first-order valence-corrected chi connectivity index (χ1v) is 6.62. The topological polar surface area (TPSA) is 46.4 Å². The predicted molar refractivity (Wildman–Crippen MR) is 81.4 cm³/mol. The van der Waals surface area contributed by atoms with Crippen LogP contribution >= 0.6 is 0 Å². The second-order valence-corrected chi connectivity index (χ2v) is 5.06. The number of rotatable bonds is 2. The number of phenolic OH excluding ortho intramolecular Hbond substituents is 1. The van der Waals surface area contributed by atoms with Gasteiger partial charge in [-0.3, -0.25) is 0 Å². The van der Waals surface area contributed by atoms with E-state index in [0.29, 0.717) is 5.69 Å². The van der Waals surface area contributed by atoms with Gasteiger partial charge in [0.25, 0.3) is 0 Å². The number of para-hydroxylation sites is 2. The van der Waals surface area contributed by atoms with Crippen LogP contribution in [-0.4, -0.2) is 5.11 Å². The van der Waals surface area contributed by atoms with Crippen LogP contribution in [0.1, 0.15) is 11.3 Å². The Labute approximate surface area is 117 Å². The molecule has 0 bridgehead atoms. The minimum Gasteiger partial charge on any atom is -0.506 e. The molecule has 0 aliphatic heterocycles. The van der Waals surface area contributed by atoms with Gasteiger partial charge in [0.05, 0.1) is 16.8 Å². The quantitative estimate of drug-likeness (QED) is 0.694. The number of anilines is 2. The Morgan fingerprint density at radius 1 is 0.950 bits per heavy atom. The number of aromatic nitrogens is 1. The van der Waals surface area contributed by atoms with Gasteiger partial charge in [0, 0.05) is 19.1 Å². The third kappa shape index (κ3) is 2.30. The van der Waals surface area contributed by atoms with Gasteiger partial charge in [-0.15, -0.1) is 0 Å². The maximum atomic E-state index is 9.90. The molecule has 3 N–H and O–H groups in total. The Morgan fingerprint density at radius 2 is 1.75 bits per heavy atom. The van der Waals surface area contributed by atoms with Crippen LogP contribution in [0.4, 0.5) is 11.4 Å². The second-order valence-electron chi connectivity index (χ2n) is 5.06. The van der Waals surface area contributed by atoms with E-state index in [0.717, 1.165) is 22.3 Å². The van der Waals surface area contributed by atoms with Crippen molar-refractivity contribution in [1.29, 1.82) is 0 Å². The summed E-state index contributed by atoms with van der Waals surface area (Å²) in [6, 6.07) is 15.6. The molecule has 3 rings (SSSR count). The van der Waals surface area contributed by atoms with Crippen molar-refractivity contribution in [3.05, 3.63) is 59.8 Å². The van der Waals surface area contributed by atoms with E-state index in [9.17, 15) is 5.11 Å². The summed E-state index contributed by atoms with van der Waals surface area (Å²) in [5, 5.41) is 14.3. The number of aromatic amines is 1. The largest absolute Gasteiger partial charge is 0.506 e. The number of aryl methyl sites for hydroxylation is 2. The lowest BCUT2D eigenvalue weighted by molar-refractivity contribution is -0.354. The van der Waals surface area contributed by atoms with E-state index in [2.05, 4.69) is 35.4 Å². The van der Waals surface area contributed by atoms with Crippen molar-refractivity contribution < 1.29 is 10.1 Å². The van der Waals surface area contributed by atoms with Gasteiger partial charge in [0.2, 0.25) is 5.52 Å². The van der Waals surface area contributed by atoms with E-state index in [-0.39, 0.29) is 5.75 Å². The number of pyridine rings is 1. The summed E-state index contributed by atoms with van der Waals surface area (Å²) in [7, 11) is 0. The van der Waals surface area contributed by atoms with E-state index >= 15 is 0 Å². The van der Waals surface area contributed by atoms with Crippen LogP contribution in [0.5, 0.6) is 5.75 Å². The van der Waals surface area contributed by atoms with Crippen molar-refractivity contribution in [2.75, 3.05) is 5.32 Å². The zero-order chi connectivity index (χ0) is 14.1. The summed E-state index contributed by atoms with van der Waals surface area (Å²) < 4.78 is 0.